The average molecular weight is 476 g/mol. The van der Waals surface area contributed by atoms with Crippen LogP contribution in [0, 0.1) is 18.8 Å². The van der Waals surface area contributed by atoms with Crippen molar-refractivity contribution >= 4 is 46.8 Å². The highest BCUT2D eigenvalue weighted by Gasteiger charge is 2.70. The normalized spacial score (nSPS) is 32.4. The number of hydrogen-bond acceptors (Lipinski definition) is 5. The number of aryl methyl sites for hydroxylation is 1. The molecule has 32 heavy (non-hydrogen) atoms. The van der Waals surface area contributed by atoms with Crippen molar-refractivity contribution in [2.45, 2.75) is 69.5 Å². The Morgan fingerprint density at radius 3 is 2.53 bits per heavy atom. The molecule has 0 bridgehead atoms. The molecule has 4 aliphatic rings. The monoisotopic (exact) mass is 475 g/mol. The van der Waals surface area contributed by atoms with Crippen molar-refractivity contribution in [1.29, 1.82) is 0 Å². The summed E-state index contributed by atoms with van der Waals surface area (Å²) >= 11 is 8.20. The van der Waals surface area contributed by atoms with Gasteiger partial charge in [0.1, 0.15) is 5.54 Å². The molecule has 1 aromatic carbocycles. The Morgan fingerprint density at radius 1 is 1.12 bits per heavy atom. The summed E-state index contributed by atoms with van der Waals surface area (Å²) in [6, 6.07) is 3.48. The van der Waals surface area contributed by atoms with Gasteiger partial charge in [0.05, 0.1) is 22.5 Å². The average Bonchev–Trinajstić information content (AvgIpc) is 3.21. The lowest BCUT2D eigenvalue weighted by molar-refractivity contribution is -0.145. The lowest BCUT2D eigenvalue weighted by Crippen LogP contribution is -2.54. The molecule has 3 aliphatic heterocycles. The van der Waals surface area contributed by atoms with Crippen LogP contribution in [0.1, 0.15) is 56.1 Å². The second-order valence-corrected chi connectivity index (χ2v) is 11.1. The van der Waals surface area contributed by atoms with E-state index in [9.17, 15) is 14.4 Å². The van der Waals surface area contributed by atoms with Crippen molar-refractivity contribution in [3.63, 3.8) is 0 Å². The van der Waals surface area contributed by atoms with Gasteiger partial charge in [0.2, 0.25) is 17.7 Å². The number of hydrogen-bond donors (Lipinski definition) is 2. The number of amides is 3. The number of carbonyl (C=O) groups excluding carboxylic acids is 3. The van der Waals surface area contributed by atoms with Crippen LogP contribution in [-0.4, -0.2) is 46.7 Å². The predicted octanol–water partition coefficient (Wildman–Crippen LogP) is 3.84. The van der Waals surface area contributed by atoms with Gasteiger partial charge in [-0.1, -0.05) is 43.4 Å². The van der Waals surface area contributed by atoms with Crippen molar-refractivity contribution in [2.24, 2.45) is 11.8 Å². The van der Waals surface area contributed by atoms with E-state index in [1.165, 1.54) is 0 Å². The molecular formula is C24H30ClN3O3S. The molecule has 1 aliphatic carbocycles. The molecule has 172 valence electrons. The topological polar surface area (TPSA) is 78.5 Å². The summed E-state index contributed by atoms with van der Waals surface area (Å²) in [6.45, 7) is 1.93. The summed E-state index contributed by atoms with van der Waals surface area (Å²) < 4.78 is 0. The molecule has 3 heterocycles. The molecule has 1 saturated carbocycles. The molecule has 2 saturated heterocycles. The van der Waals surface area contributed by atoms with E-state index in [1.807, 2.05) is 25.3 Å². The summed E-state index contributed by atoms with van der Waals surface area (Å²) in [5.74, 6) is -0.956. The van der Waals surface area contributed by atoms with E-state index >= 15 is 0 Å². The number of rotatable bonds is 4. The van der Waals surface area contributed by atoms with Crippen LogP contribution in [-0.2, 0) is 19.9 Å². The molecule has 8 heteroatoms. The minimum atomic E-state index is -1.25. The second kappa shape index (κ2) is 8.33. The Kier molecular flexibility index (Phi) is 5.79. The summed E-state index contributed by atoms with van der Waals surface area (Å²) in [5, 5.41) is 6.91. The van der Waals surface area contributed by atoms with E-state index in [4.69, 9.17) is 11.6 Å². The number of benzene rings is 1. The number of nitrogens with one attached hydrogen (secondary N) is 2. The molecule has 5 rings (SSSR count). The Labute approximate surface area is 198 Å². The molecule has 0 aromatic heterocycles. The SMILES string of the molecule is CSCC[C@H]1N[C@]2(C(=O)Nc3c(Cl)cc(C)cc32)[C@@H]2C(=O)N(C3CCCCCC3)C(=O)[C@@H]21. The number of fused-ring (bicyclic) bond motifs is 4. The number of halogens is 1. The fourth-order valence-corrected chi connectivity index (χ4v) is 7.20. The molecule has 3 fully saturated rings. The fourth-order valence-electron chi connectivity index (χ4n) is 6.39. The molecule has 0 unspecified atom stereocenters. The van der Waals surface area contributed by atoms with E-state index in [1.54, 1.807) is 16.7 Å². The van der Waals surface area contributed by atoms with Crippen LogP contribution in [0.2, 0.25) is 5.02 Å². The predicted molar refractivity (Wildman–Crippen MR) is 127 cm³/mol. The van der Waals surface area contributed by atoms with Crippen LogP contribution in [0.3, 0.4) is 0 Å². The zero-order chi connectivity index (χ0) is 22.6. The maximum absolute atomic E-state index is 14.0. The van der Waals surface area contributed by atoms with Crippen LogP contribution in [0.5, 0.6) is 0 Å². The third kappa shape index (κ3) is 3.15. The first-order chi connectivity index (χ1) is 15.4. The van der Waals surface area contributed by atoms with Gasteiger partial charge in [-0.25, -0.2) is 0 Å². The highest BCUT2D eigenvalue weighted by Crippen LogP contribution is 2.55. The lowest BCUT2D eigenvalue weighted by atomic mass is 9.76. The molecular weight excluding hydrogens is 446 g/mol. The largest absolute Gasteiger partial charge is 0.323 e. The summed E-state index contributed by atoms with van der Waals surface area (Å²) in [4.78, 5) is 42.8. The molecule has 1 spiro atoms. The third-order valence-electron chi connectivity index (χ3n) is 7.78. The van der Waals surface area contributed by atoms with E-state index in [0.29, 0.717) is 16.3 Å². The summed E-state index contributed by atoms with van der Waals surface area (Å²) in [6.07, 6.45) is 8.85. The number of imide groups is 1. The molecule has 0 radical (unpaired) electrons. The number of nitrogens with zero attached hydrogens (tertiary/aromatic N) is 1. The fraction of sp³-hybridized carbons (Fsp3) is 0.625. The van der Waals surface area contributed by atoms with Gasteiger partial charge in [-0.05, 0) is 49.8 Å². The zero-order valence-electron chi connectivity index (χ0n) is 18.6. The first-order valence-corrected chi connectivity index (χ1v) is 13.4. The van der Waals surface area contributed by atoms with Gasteiger partial charge in [0, 0.05) is 17.6 Å². The molecule has 2 N–H and O–H groups in total. The van der Waals surface area contributed by atoms with E-state index in [-0.39, 0.29) is 29.8 Å². The van der Waals surface area contributed by atoms with E-state index < -0.39 is 17.4 Å². The minimum absolute atomic E-state index is 0.0496. The van der Waals surface area contributed by atoms with Crippen molar-refractivity contribution in [3.8, 4) is 0 Å². The Balaban J connectivity index is 1.61. The number of carbonyl (C=O) groups is 3. The molecule has 1 aromatic rings. The van der Waals surface area contributed by atoms with Crippen LogP contribution in [0.15, 0.2) is 12.1 Å². The van der Waals surface area contributed by atoms with E-state index in [2.05, 4.69) is 10.6 Å². The van der Waals surface area contributed by atoms with Crippen LogP contribution >= 0.6 is 23.4 Å². The van der Waals surface area contributed by atoms with Crippen LogP contribution in [0.25, 0.3) is 0 Å². The van der Waals surface area contributed by atoms with Gasteiger partial charge in [-0.2, -0.15) is 11.8 Å². The maximum atomic E-state index is 14.0. The number of thioether (sulfide) groups is 1. The number of likely N-dealkylation sites (tertiary alicyclic amines) is 1. The number of anilines is 1. The van der Waals surface area contributed by atoms with Crippen molar-refractivity contribution < 1.29 is 14.4 Å². The maximum Gasteiger partial charge on any atom is 0.250 e. The standard InChI is InChI=1S/C24H30ClN3O3S/c1-13-11-15-20(16(25)12-13)26-23(31)24(15)19-18(17(27-24)9-10-32-2)21(29)28(22(19)30)14-7-5-3-4-6-8-14/h11-12,14,17-19,27H,3-10H2,1-2H3,(H,26,31)/t17-,18-,19+,24+/m1/s1. The van der Waals surface area contributed by atoms with Crippen LogP contribution < -0.4 is 10.6 Å². The van der Waals surface area contributed by atoms with Gasteiger partial charge in [0.15, 0.2) is 0 Å². The van der Waals surface area contributed by atoms with Gasteiger partial charge in [-0.3, -0.25) is 24.6 Å². The Bertz CT molecular complexity index is 977. The highest BCUT2D eigenvalue weighted by atomic mass is 35.5. The van der Waals surface area contributed by atoms with Crippen LogP contribution in [0.4, 0.5) is 5.69 Å². The lowest BCUT2D eigenvalue weighted by Gasteiger charge is -2.32. The van der Waals surface area contributed by atoms with Gasteiger partial charge in [0.25, 0.3) is 0 Å². The molecule has 4 atom stereocenters. The third-order valence-corrected chi connectivity index (χ3v) is 8.72. The quantitative estimate of drug-likeness (QED) is 0.511. The zero-order valence-corrected chi connectivity index (χ0v) is 20.2. The molecule has 6 nitrogen and oxygen atoms in total. The summed E-state index contributed by atoms with van der Waals surface area (Å²) in [7, 11) is 0. The summed E-state index contributed by atoms with van der Waals surface area (Å²) in [5.41, 5.74) is 0.948. The van der Waals surface area contributed by atoms with Crippen molar-refractivity contribution in [3.05, 3.63) is 28.3 Å². The Hall–Kier alpha value is -1.57. The first-order valence-electron chi connectivity index (χ1n) is 11.7. The van der Waals surface area contributed by atoms with Gasteiger partial charge in [-0.15, -0.1) is 0 Å². The minimum Gasteiger partial charge on any atom is -0.323 e. The van der Waals surface area contributed by atoms with Crippen molar-refractivity contribution in [2.75, 3.05) is 17.3 Å². The van der Waals surface area contributed by atoms with E-state index in [0.717, 1.165) is 56.3 Å². The van der Waals surface area contributed by atoms with Gasteiger partial charge < -0.3 is 5.32 Å². The second-order valence-electron chi connectivity index (χ2n) is 9.66. The molecule has 3 amide bonds. The highest BCUT2D eigenvalue weighted by molar-refractivity contribution is 7.98. The van der Waals surface area contributed by atoms with Crippen molar-refractivity contribution in [1.82, 2.24) is 10.2 Å². The first kappa shape index (κ1) is 22.2. The Morgan fingerprint density at radius 2 is 1.84 bits per heavy atom. The van der Waals surface area contributed by atoms with Gasteiger partial charge >= 0.3 is 0 Å². The smallest absolute Gasteiger partial charge is 0.250 e.